The first-order valence-electron chi connectivity index (χ1n) is 6.65. The largest absolute Gasteiger partial charge is 0.481 e. The third kappa shape index (κ3) is 2.61. The maximum atomic E-state index is 10.9. The molecule has 1 N–H and O–H groups in total. The summed E-state index contributed by atoms with van der Waals surface area (Å²) in [6.07, 6.45) is 0.767. The second-order valence-corrected chi connectivity index (χ2v) is 5.24. The van der Waals surface area contributed by atoms with Gasteiger partial charge in [0.05, 0.1) is 5.92 Å². The van der Waals surface area contributed by atoms with E-state index in [-0.39, 0.29) is 5.92 Å². The molecular formula is C16H17NO2. The van der Waals surface area contributed by atoms with E-state index in [1.807, 2.05) is 12.1 Å². The fourth-order valence-electron chi connectivity index (χ4n) is 2.77. The molecule has 19 heavy (non-hydrogen) atoms. The van der Waals surface area contributed by atoms with Crippen molar-refractivity contribution >= 4 is 16.7 Å². The van der Waals surface area contributed by atoms with Crippen LogP contribution in [0.4, 0.5) is 0 Å². The molecule has 0 aromatic heterocycles. The average Bonchev–Trinajstić information content (AvgIpc) is 2.87. The van der Waals surface area contributed by atoms with Gasteiger partial charge in [0.1, 0.15) is 0 Å². The molecule has 0 amide bonds. The minimum absolute atomic E-state index is 0.194. The SMILES string of the molecule is O=C(O)C1CCN(Cc2ccc3ccccc3c2)C1. The minimum atomic E-state index is -0.666. The first kappa shape index (κ1) is 12.2. The first-order chi connectivity index (χ1) is 9.22. The van der Waals surface area contributed by atoms with Crippen molar-refractivity contribution in [1.29, 1.82) is 0 Å². The first-order valence-corrected chi connectivity index (χ1v) is 6.65. The molecule has 0 saturated carbocycles. The lowest BCUT2D eigenvalue weighted by atomic mass is 10.1. The van der Waals surface area contributed by atoms with Gasteiger partial charge in [0, 0.05) is 13.1 Å². The fourth-order valence-corrected chi connectivity index (χ4v) is 2.77. The van der Waals surface area contributed by atoms with Crippen LogP contribution in [0.15, 0.2) is 42.5 Å². The van der Waals surface area contributed by atoms with Crippen LogP contribution in [0.25, 0.3) is 10.8 Å². The number of carboxylic acid groups (broad SMARTS) is 1. The van der Waals surface area contributed by atoms with Crippen LogP contribution in [0.1, 0.15) is 12.0 Å². The van der Waals surface area contributed by atoms with Crippen LogP contribution in [0.3, 0.4) is 0 Å². The topological polar surface area (TPSA) is 40.5 Å². The Morgan fingerprint density at radius 1 is 1.21 bits per heavy atom. The van der Waals surface area contributed by atoms with Crippen LogP contribution in [0.5, 0.6) is 0 Å². The van der Waals surface area contributed by atoms with Gasteiger partial charge in [-0.2, -0.15) is 0 Å². The second-order valence-electron chi connectivity index (χ2n) is 5.24. The average molecular weight is 255 g/mol. The normalized spacial score (nSPS) is 19.9. The molecule has 0 spiro atoms. The summed E-state index contributed by atoms with van der Waals surface area (Å²) in [6.45, 7) is 2.39. The monoisotopic (exact) mass is 255 g/mol. The number of rotatable bonds is 3. The van der Waals surface area contributed by atoms with E-state index in [4.69, 9.17) is 5.11 Å². The molecule has 1 unspecified atom stereocenters. The van der Waals surface area contributed by atoms with E-state index in [0.29, 0.717) is 6.54 Å². The van der Waals surface area contributed by atoms with E-state index in [1.54, 1.807) is 0 Å². The van der Waals surface area contributed by atoms with Gasteiger partial charge in [-0.15, -0.1) is 0 Å². The Balaban J connectivity index is 1.73. The molecule has 3 heteroatoms. The second kappa shape index (κ2) is 5.02. The molecule has 98 valence electrons. The molecule has 3 rings (SSSR count). The Hall–Kier alpha value is -1.87. The summed E-state index contributed by atoms with van der Waals surface area (Å²) < 4.78 is 0. The van der Waals surface area contributed by atoms with Gasteiger partial charge in [0.2, 0.25) is 0 Å². The van der Waals surface area contributed by atoms with Gasteiger partial charge in [0.15, 0.2) is 0 Å². The molecule has 1 fully saturated rings. The van der Waals surface area contributed by atoms with Gasteiger partial charge in [0.25, 0.3) is 0 Å². The number of carbonyl (C=O) groups is 1. The van der Waals surface area contributed by atoms with Crippen molar-refractivity contribution in [2.45, 2.75) is 13.0 Å². The van der Waals surface area contributed by atoms with Crippen LogP contribution >= 0.6 is 0 Å². The molecule has 2 aromatic rings. The van der Waals surface area contributed by atoms with Crippen molar-refractivity contribution in [3.63, 3.8) is 0 Å². The summed E-state index contributed by atoms with van der Waals surface area (Å²) in [7, 11) is 0. The van der Waals surface area contributed by atoms with Gasteiger partial charge in [-0.05, 0) is 35.4 Å². The Bertz CT molecular complexity index is 608. The van der Waals surface area contributed by atoms with E-state index < -0.39 is 5.97 Å². The summed E-state index contributed by atoms with van der Waals surface area (Å²) in [5.74, 6) is -0.860. The van der Waals surface area contributed by atoms with Crippen LogP contribution in [-0.2, 0) is 11.3 Å². The third-order valence-electron chi connectivity index (χ3n) is 3.84. The van der Waals surface area contributed by atoms with Crippen LogP contribution < -0.4 is 0 Å². The van der Waals surface area contributed by atoms with E-state index >= 15 is 0 Å². The molecule has 0 bridgehead atoms. The molecule has 1 aliphatic rings. The summed E-state index contributed by atoms with van der Waals surface area (Å²) in [5, 5.41) is 11.5. The lowest BCUT2D eigenvalue weighted by Crippen LogP contribution is -2.22. The van der Waals surface area contributed by atoms with E-state index in [9.17, 15) is 4.79 Å². The van der Waals surface area contributed by atoms with Crippen molar-refractivity contribution in [3.05, 3.63) is 48.0 Å². The van der Waals surface area contributed by atoms with E-state index in [0.717, 1.165) is 19.5 Å². The highest BCUT2D eigenvalue weighted by Gasteiger charge is 2.27. The van der Waals surface area contributed by atoms with E-state index in [1.165, 1.54) is 16.3 Å². The third-order valence-corrected chi connectivity index (χ3v) is 3.84. The van der Waals surface area contributed by atoms with Crippen LogP contribution in [0.2, 0.25) is 0 Å². The predicted molar refractivity (Wildman–Crippen MR) is 75.0 cm³/mol. The highest BCUT2D eigenvalue weighted by atomic mass is 16.4. The number of hydrogen-bond donors (Lipinski definition) is 1. The van der Waals surface area contributed by atoms with Gasteiger partial charge in [-0.3, -0.25) is 9.69 Å². The van der Waals surface area contributed by atoms with Gasteiger partial charge < -0.3 is 5.11 Å². The number of fused-ring (bicyclic) bond motifs is 1. The standard InChI is InChI=1S/C16H17NO2/c18-16(19)15-7-8-17(11-15)10-12-5-6-13-3-1-2-4-14(13)9-12/h1-6,9,15H,7-8,10-11H2,(H,18,19). The smallest absolute Gasteiger partial charge is 0.307 e. The van der Waals surface area contributed by atoms with Crippen molar-refractivity contribution in [2.75, 3.05) is 13.1 Å². The van der Waals surface area contributed by atoms with Crippen molar-refractivity contribution in [3.8, 4) is 0 Å². The minimum Gasteiger partial charge on any atom is -0.481 e. The maximum absolute atomic E-state index is 10.9. The number of likely N-dealkylation sites (tertiary alicyclic amines) is 1. The molecule has 1 aliphatic heterocycles. The predicted octanol–water partition coefficient (Wildman–Crippen LogP) is 2.75. The summed E-state index contributed by atoms with van der Waals surface area (Å²) in [5.41, 5.74) is 1.25. The molecular weight excluding hydrogens is 238 g/mol. The summed E-state index contributed by atoms with van der Waals surface area (Å²) in [4.78, 5) is 13.2. The van der Waals surface area contributed by atoms with E-state index in [2.05, 4.69) is 35.2 Å². The summed E-state index contributed by atoms with van der Waals surface area (Å²) >= 11 is 0. The molecule has 2 aromatic carbocycles. The zero-order valence-corrected chi connectivity index (χ0v) is 10.7. The highest BCUT2D eigenvalue weighted by molar-refractivity contribution is 5.82. The van der Waals surface area contributed by atoms with Gasteiger partial charge >= 0.3 is 5.97 Å². The summed E-state index contributed by atoms with van der Waals surface area (Å²) in [6, 6.07) is 14.8. The Morgan fingerprint density at radius 2 is 2.00 bits per heavy atom. The number of hydrogen-bond acceptors (Lipinski definition) is 2. The Labute approximate surface area is 112 Å². The molecule has 1 atom stereocenters. The fraction of sp³-hybridized carbons (Fsp3) is 0.312. The van der Waals surface area contributed by atoms with Gasteiger partial charge in [-0.1, -0.05) is 36.4 Å². The van der Waals surface area contributed by atoms with Crippen molar-refractivity contribution in [1.82, 2.24) is 4.90 Å². The Morgan fingerprint density at radius 3 is 2.74 bits per heavy atom. The van der Waals surface area contributed by atoms with Crippen LogP contribution in [-0.4, -0.2) is 29.1 Å². The Kier molecular flexibility index (Phi) is 3.22. The molecule has 1 saturated heterocycles. The molecule has 1 heterocycles. The highest BCUT2D eigenvalue weighted by Crippen LogP contribution is 2.21. The maximum Gasteiger partial charge on any atom is 0.307 e. The molecule has 0 radical (unpaired) electrons. The van der Waals surface area contributed by atoms with Crippen molar-refractivity contribution in [2.24, 2.45) is 5.92 Å². The van der Waals surface area contributed by atoms with Gasteiger partial charge in [-0.25, -0.2) is 0 Å². The van der Waals surface area contributed by atoms with Crippen LogP contribution in [0, 0.1) is 5.92 Å². The molecule has 0 aliphatic carbocycles. The van der Waals surface area contributed by atoms with Crippen molar-refractivity contribution < 1.29 is 9.90 Å². The zero-order valence-electron chi connectivity index (χ0n) is 10.7. The molecule has 3 nitrogen and oxygen atoms in total. The lowest BCUT2D eigenvalue weighted by Gasteiger charge is -2.15. The quantitative estimate of drug-likeness (QED) is 0.916. The number of aliphatic carboxylic acids is 1. The number of benzene rings is 2. The lowest BCUT2D eigenvalue weighted by molar-refractivity contribution is -0.141. The number of carboxylic acids is 1. The number of nitrogens with zero attached hydrogens (tertiary/aromatic N) is 1. The zero-order chi connectivity index (χ0) is 13.2.